The Bertz CT molecular complexity index is 5.65. The van der Waals surface area contributed by atoms with Gasteiger partial charge >= 0.3 is 0 Å². The Morgan fingerprint density at radius 1 is 0.211 bits per heavy atom. The predicted molar refractivity (Wildman–Crippen MR) is 121 cm³/mol. The Labute approximate surface area is 139 Å². The summed E-state index contributed by atoms with van der Waals surface area (Å²) in [5.74, 6) is 0. The van der Waals surface area contributed by atoms with Crippen molar-refractivity contribution in [2.45, 2.75) is 131 Å². The van der Waals surface area contributed by atoms with E-state index in [1.807, 2.05) is 41.5 Å². The number of hydrogen-bond donors (Lipinski definition) is 0. The van der Waals surface area contributed by atoms with E-state index in [1.54, 1.807) is 0 Å². The van der Waals surface area contributed by atoms with Crippen LogP contribution in [-0.2, 0) is 0 Å². The summed E-state index contributed by atoms with van der Waals surface area (Å²) in [6.45, 7) is 12.0. The third-order valence-electron chi connectivity index (χ3n) is 0. The first-order valence-electron chi connectivity index (χ1n) is 3.00. The molecule has 3 radical (unpaired) electrons. The van der Waals surface area contributed by atoms with Crippen molar-refractivity contribution >= 4 is 8.41 Å². The van der Waals surface area contributed by atoms with Gasteiger partial charge in [-0.2, -0.15) is 0 Å². The second kappa shape index (κ2) is 1250000. The van der Waals surface area contributed by atoms with Crippen molar-refractivity contribution in [3.8, 4) is 0 Å². The first-order valence-corrected chi connectivity index (χ1v) is 3.00. The molecule has 0 saturated heterocycles. The Balaban J connectivity index is -0.000000000378. The summed E-state index contributed by atoms with van der Waals surface area (Å²) >= 11 is 0. The van der Waals surface area contributed by atoms with Gasteiger partial charge in [-0.05, 0) is 0 Å². The minimum atomic E-state index is 0. The summed E-state index contributed by atoms with van der Waals surface area (Å²) in [7, 11) is 0. The molecule has 0 heterocycles. The zero-order valence-electron chi connectivity index (χ0n) is 6.58. The van der Waals surface area contributed by atoms with Gasteiger partial charge in [0.2, 0.25) is 0 Å². The minimum absolute atomic E-state index is 0. The first-order chi connectivity index (χ1) is 3.00. The van der Waals surface area contributed by atoms with Crippen LogP contribution >= 0.6 is 0 Å². The highest BCUT2D eigenvalue weighted by Crippen LogP contribution is 1.15. The zero-order valence-corrected chi connectivity index (χ0v) is 6.58. The average Bonchev–Trinajstić information content (AvgIpc) is 1.81. The van der Waals surface area contributed by atoms with Gasteiger partial charge in [0.15, 0.2) is 0 Å². The van der Waals surface area contributed by atoms with Gasteiger partial charge in [0.05, 0.1) is 0 Å². The van der Waals surface area contributed by atoms with Crippen LogP contribution in [0.2, 0.25) is 0 Å². The van der Waals surface area contributed by atoms with Crippen molar-refractivity contribution < 1.29 is 0 Å². The maximum absolute atomic E-state index is 2.00. The monoisotopic (exact) mass is 294 g/mol. The van der Waals surface area contributed by atoms with Gasteiger partial charge in [-0.3, -0.25) is 0 Å². The molecule has 0 N–H and O–H groups in total. The standard InChI is InChI=1S/3C2H6.12CH4.B/c3*1-2;;;;;;;;;;;;;/h3*1-2H3;12*1H4;. The Kier molecular flexibility index (Phi) is 43500000. The lowest BCUT2D eigenvalue weighted by atomic mass is 10.8. The summed E-state index contributed by atoms with van der Waals surface area (Å²) in [6, 6.07) is 0. The molecule has 141 valence electrons. The topological polar surface area (TPSA) is 0 Å². The lowest BCUT2D eigenvalue weighted by Crippen LogP contribution is -0.856. The van der Waals surface area contributed by atoms with Gasteiger partial charge in [-0.1, -0.05) is 131 Å². The molecule has 0 unspecified atom stereocenters. The third-order valence-corrected chi connectivity index (χ3v) is 0. The van der Waals surface area contributed by atoms with E-state index in [-0.39, 0.29) is 97.5 Å². The SMILES string of the molecule is C.C.C.C.C.C.C.C.C.C.C.C.CC.CC.CC.[B]. The number of hydrogen-bond acceptors (Lipinski definition) is 0. The van der Waals surface area contributed by atoms with Crippen LogP contribution in [0.5, 0.6) is 0 Å². The van der Waals surface area contributed by atoms with E-state index >= 15 is 0 Å². The minimum Gasteiger partial charge on any atom is -0.0776 e. The van der Waals surface area contributed by atoms with Gasteiger partial charge in [-0.15, -0.1) is 0 Å². The first kappa shape index (κ1) is 662. The van der Waals surface area contributed by atoms with Crippen LogP contribution in [0.1, 0.15) is 131 Å². The molecule has 0 aromatic carbocycles. The van der Waals surface area contributed by atoms with Gasteiger partial charge in [0.1, 0.15) is 0 Å². The molecule has 0 aromatic rings. The van der Waals surface area contributed by atoms with Crippen LogP contribution in [0.15, 0.2) is 0 Å². The van der Waals surface area contributed by atoms with Crippen LogP contribution in [0.4, 0.5) is 0 Å². The smallest absolute Gasteiger partial charge is 0 e. The quantitative estimate of drug-likeness (QED) is 0.389. The van der Waals surface area contributed by atoms with E-state index in [2.05, 4.69) is 0 Å². The summed E-state index contributed by atoms with van der Waals surface area (Å²) in [5.41, 5.74) is 0. The highest BCUT2D eigenvalue weighted by molar-refractivity contribution is 5.75. The molecular weight excluding hydrogens is 227 g/mol. The Morgan fingerprint density at radius 3 is 0.211 bits per heavy atom. The Hall–Kier alpha value is 0.0649. The largest absolute Gasteiger partial charge is 0.0776 e. The van der Waals surface area contributed by atoms with E-state index in [0.29, 0.717) is 0 Å². The van der Waals surface area contributed by atoms with Gasteiger partial charge in [-0.25, -0.2) is 0 Å². The maximum Gasteiger partial charge on any atom is 0 e. The van der Waals surface area contributed by atoms with Crippen LogP contribution in [0.25, 0.3) is 0 Å². The van der Waals surface area contributed by atoms with E-state index in [1.165, 1.54) is 0 Å². The predicted octanol–water partition coefficient (Wildman–Crippen LogP) is 10.3. The fraction of sp³-hybridized carbons (Fsp3) is 1.00. The maximum atomic E-state index is 2.00. The van der Waals surface area contributed by atoms with Crippen molar-refractivity contribution in [3.05, 3.63) is 0 Å². The molecule has 0 bridgehead atoms. The van der Waals surface area contributed by atoms with Gasteiger partial charge in [0, 0.05) is 8.41 Å². The molecular formula is C18H66B. The van der Waals surface area contributed by atoms with Crippen molar-refractivity contribution in [2.75, 3.05) is 0 Å². The Morgan fingerprint density at radius 2 is 0.211 bits per heavy atom. The van der Waals surface area contributed by atoms with Crippen molar-refractivity contribution in [1.82, 2.24) is 0 Å². The highest BCUT2D eigenvalue weighted by Gasteiger charge is 0.936. The average molecular weight is 294 g/mol. The van der Waals surface area contributed by atoms with Crippen LogP contribution in [0, 0.1) is 0 Å². The fourth-order valence-corrected chi connectivity index (χ4v) is 0. The molecule has 0 aliphatic heterocycles. The lowest BCUT2D eigenvalue weighted by Gasteiger charge is -1.07. The number of rotatable bonds is 0. The molecule has 0 atom stereocenters. The summed E-state index contributed by atoms with van der Waals surface area (Å²) in [4.78, 5) is 0. The zero-order chi connectivity index (χ0) is 6.00. The molecule has 1 heteroatoms. The molecule has 0 aliphatic rings. The van der Waals surface area contributed by atoms with Crippen molar-refractivity contribution in [2.24, 2.45) is 0 Å². The van der Waals surface area contributed by atoms with Crippen LogP contribution < -0.4 is 0 Å². The van der Waals surface area contributed by atoms with E-state index in [4.69, 9.17) is 0 Å². The summed E-state index contributed by atoms with van der Waals surface area (Å²) in [5, 5.41) is 0. The molecule has 19 heavy (non-hydrogen) atoms. The van der Waals surface area contributed by atoms with Gasteiger partial charge in [0.25, 0.3) is 0 Å². The van der Waals surface area contributed by atoms with Gasteiger partial charge < -0.3 is 0 Å². The molecule has 0 nitrogen and oxygen atoms in total. The molecule has 0 spiro atoms. The third kappa shape index (κ3) is 1110000. The summed E-state index contributed by atoms with van der Waals surface area (Å²) in [6.07, 6.45) is 0. The summed E-state index contributed by atoms with van der Waals surface area (Å²) < 4.78 is 0. The van der Waals surface area contributed by atoms with Crippen molar-refractivity contribution in [3.63, 3.8) is 0 Å². The molecule has 0 saturated carbocycles. The second-order valence-corrected chi connectivity index (χ2v) is 0. The van der Waals surface area contributed by atoms with Crippen molar-refractivity contribution in [1.29, 1.82) is 0 Å². The molecule has 0 aliphatic carbocycles. The normalized spacial score (nSPS) is 0.947. The van der Waals surface area contributed by atoms with E-state index in [9.17, 15) is 0 Å². The molecule has 0 fully saturated rings. The van der Waals surface area contributed by atoms with E-state index < -0.39 is 0 Å². The molecule has 0 rings (SSSR count). The van der Waals surface area contributed by atoms with Crippen LogP contribution in [-0.4, -0.2) is 8.41 Å². The second-order valence-electron chi connectivity index (χ2n) is 0. The fourth-order valence-electron chi connectivity index (χ4n) is 0. The van der Waals surface area contributed by atoms with E-state index in [0.717, 1.165) is 0 Å². The molecule has 0 aromatic heterocycles. The lowest BCUT2D eigenvalue weighted by molar-refractivity contribution is 1.50. The molecule has 0 amide bonds. The highest BCUT2D eigenvalue weighted by atomic mass is 13.0. The van der Waals surface area contributed by atoms with Crippen LogP contribution in [0.3, 0.4) is 0 Å².